The van der Waals surface area contributed by atoms with E-state index in [4.69, 9.17) is 4.74 Å². The quantitative estimate of drug-likeness (QED) is 0.832. The van der Waals surface area contributed by atoms with E-state index < -0.39 is 0 Å². The summed E-state index contributed by atoms with van der Waals surface area (Å²) in [4.78, 5) is 20.2. The maximum Gasteiger partial charge on any atom is 0.227 e. The summed E-state index contributed by atoms with van der Waals surface area (Å²) < 4.78 is 5.52. The van der Waals surface area contributed by atoms with Gasteiger partial charge in [-0.15, -0.1) is 0 Å². The normalized spacial score (nSPS) is 31.0. The third kappa shape index (κ3) is 3.36. The molecule has 1 amide bonds. The zero-order chi connectivity index (χ0) is 19.1. The van der Waals surface area contributed by atoms with Crippen molar-refractivity contribution in [2.24, 2.45) is 0 Å². The number of ether oxygens (including phenoxy) is 1. The predicted octanol–water partition coefficient (Wildman–Crippen LogP) is 0.740. The molecule has 0 aliphatic carbocycles. The van der Waals surface area contributed by atoms with Gasteiger partial charge in [0.1, 0.15) is 0 Å². The second kappa shape index (κ2) is 7.41. The first-order chi connectivity index (χ1) is 13.6. The van der Waals surface area contributed by atoms with Crippen LogP contribution in [-0.4, -0.2) is 95.4 Å². The number of aliphatic hydroxyl groups is 1. The van der Waals surface area contributed by atoms with Crippen molar-refractivity contribution in [1.82, 2.24) is 14.7 Å². The molecule has 1 N–H and O–H groups in total. The minimum atomic E-state index is -0.261. The van der Waals surface area contributed by atoms with Crippen LogP contribution in [0.3, 0.4) is 0 Å². The molecule has 6 heteroatoms. The minimum absolute atomic E-state index is 0.0189. The van der Waals surface area contributed by atoms with Gasteiger partial charge < -0.3 is 14.7 Å². The second-order valence-electron chi connectivity index (χ2n) is 9.11. The number of piperazine rings is 1. The number of benzene rings is 1. The number of likely N-dealkylation sites (tertiary alicyclic amines) is 1. The fourth-order valence-electron chi connectivity index (χ4n) is 5.78. The van der Waals surface area contributed by atoms with Gasteiger partial charge in [-0.25, -0.2) is 0 Å². The molecule has 1 aromatic carbocycles. The lowest BCUT2D eigenvalue weighted by atomic mass is 9.81. The first kappa shape index (κ1) is 18.6. The van der Waals surface area contributed by atoms with Crippen molar-refractivity contribution in [1.29, 1.82) is 0 Å². The van der Waals surface area contributed by atoms with Crippen molar-refractivity contribution in [3.63, 3.8) is 0 Å². The topological polar surface area (TPSA) is 56.3 Å². The van der Waals surface area contributed by atoms with Crippen LogP contribution in [0.5, 0.6) is 0 Å². The number of rotatable bonds is 3. The third-order valence-electron chi connectivity index (χ3n) is 7.17. The number of fused-ring (bicyclic) bond motifs is 2. The smallest absolute Gasteiger partial charge is 0.227 e. The van der Waals surface area contributed by atoms with Crippen molar-refractivity contribution in [3.8, 4) is 0 Å². The molecule has 4 fully saturated rings. The highest BCUT2D eigenvalue weighted by Gasteiger charge is 2.57. The third-order valence-corrected chi connectivity index (χ3v) is 7.17. The Morgan fingerprint density at radius 1 is 1.07 bits per heavy atom. The summed E-state index contributed by atoms with van der Waals surface area (Å²) in [6.45, 7) is 6.05. The molecule has 0 unspecified atom stereocenters. The van der Waals surface area contributed by atoms with Gasteiger partial charge in [0.2, 0.25) is 5.91 Å². The SMILES string of the molecule is O=C(Cc1ccccc1)N1C[C@@H]2C[C@@H](O)CN2C2(C1)CN(C1CCOCC1)C2. The highest BCUT2D eigenvalue weighted by Crippen LogP contribution is 2.40. The number of amides is 1. The Labute approximate surface area is 167 Å². The van der Waals surface area contributed by atoms with E-state index in [-0.39, 0.29) is 17.6 Å². The molecule has 0 saturated carbocycles. The van der Waals surface area contributed by atoms with Crippen molar-refractivity contribution in [2.75, 3.05) is 45.9 Å². The first-order valence-electron chi connectivity index (χ1n) is 10.7. The van der Waals surface area contributed by atoms with Crippen molar-refractivity contribution >= 4 is 5.91 Å². The molecule has 0 bridgehead atoms. The van der Waals surface area contributed by atoms with Crippen LogP contribution in [0.4, 0.5) is 0 Å². The molecule has 28 heavy (non-hydrogen) atoms. The molecule has 4 aliphatic rings. The summed E-state index contributed by atoms with van der Waals surface area (Å²) in [6, 6.07) is 10.9. The average Bonchev–Trinajstić information content (AvgIpc) is 3.07. The second-order valence-corrected chi connectivity index (χ2v) is 9.11. The fraction of sp³-hybridized carbons (Fsp3) is 0.682. The van der Waals surface area contributed by atoms with Gasteiger partial charge in [-0.1, -0.05) is 30.3 Å². The maximum atomic E-state index is 13.1. The monoisotopic (exact) mass is 385 g/mol. The standard InChI is InChI=1S/C22H31N3O3/c26-20-11-19-12-23(21(27)10-17-4-2-1-3-5-17)14-22(25(19)13-20)15-24(16-22)18-6-8-28-9-7-18/h1-5,18-20,26H,6-16H2/t19-,20+/m0/s1. The summed E-state index contributed by atoms with van der Waals surface area (Å²) >= 11 is 0. The van der Waals surface area contributed by atoms with Crippen LogP contribution < -0.4 is 0 Å². The molecule has 1 aromatic rings. The summed E-state index contributed by atoms with van der Waals surface area (Å²) in [5.74, 6) is 0.219. The Kier molecular flexibility index (Phi) is 4.91. The Morgan fingerprint density at radius 2 is 1.82 bits per heavy atom. The molecule has 4 heterocycles. The zero-order valence-electron chi connectivity index (χ0n) is 16.5. The van der Waals surface area contributed by atoms with E-state index in [1.54, 1.807) is 0 Å². The molecule has 0 radical (unpaired) electrons. The summed E-state index contributed by atoms with van der Waals surface area (Å²) in [5.41, 5.74) is 1.10. The van der Waals surface area contributed by atoms with Crippen molar-refractivity contribution in [2.45, 2.75) is 49.4 Å². The molecule has 0 aromatic heterocycles. The maximum absolute atomic E-state index is 13.1. The fourth-order valence-corrected chi connectivity index (χ4v) is 5.78. The molecule has 6 nitrogen and oxygen atoms in total. The van der Waals surface area contributed by atoms with Crippen LogP contribution in [0.25, 0.3) is 0 Å². The predicted molar refractivity (Wildman–Crippen MR) is 106 cm³/mol. The summed E-state index contributed by atoms with van der Waals surface area (Å²) in [7, 11) is 0. The lowest BCUT2D eigenvalue weighted by molar-refractivity contribution is -0.156. The van der Waals surface area contributed by atoms with E-state index in [9.17, 15) is 9.90 Å². The number of carbonyl (C=O) groups is 1. The van der Waals surface area contributed by atoms with Crippen molar-refractivity contribution < 1.29 is 14.6 Å². The lowest BCUT2D eigenvalue weighted by Crippen LogP contribution is -2.79. The summed E-state index contributed by atoms with van der Waals surface area (Å²) in [6.07, 6.45) is 3.21. The number of carbonyl (C=O) groups excluding carboxylic acids is 1. The van der Waals surface area contributed by atoms with Crippen LogP contribution in [0, 0.1) is 0 Å². The molecule has 2 atom stereocenters. The van der Waals surface area contributed by atoms with Gasteiger partial charge in [0.25, 0.3) is 0 Å². The van der Waals surface area contributed by atoms with Gasteiger partial charge in [0.15, 0.2) is 0 Å². The Hall–Kier alpha value is -1.47. The molecule has 5 rings (SSSR count). The van der Waals surface area contributed by atoms with Gasteiger partial charge >= 0.3 is 0 Å². The number of β-amino-alcohol motifs (C(OH)–C–C–N with tert-alkyl or cyclic N) is 1. The van der Waals surface area contributed by atoms with Crippen LogP contribution in [0.15, 0.2) is 30.3 Å². The van der Waals surface area contributed by atoms with Gasteiger partial charge in [0.05, 0.1) is 18.1 Å². The zero-order valence-corrected chi connectivity index (χ0v) is 16.5. The number of aliphatic hydroxyl groups excluding tert-OH is 1. The number of hydrogen-bond acceptors (Lipinski definition) is 5. The average molecular weight is 386 g/mol. The Bertz CT molecular complexity index is 700. The number of hydrogen-bond donors (Lipinski definition) is 1. The molecule has 1 spiro atoms. The molecular formula is C22H31N3O3. The van der Waals surface area contributed by atoms with Gasteiger partial charge in [-0.2, -0.15) is 0 Å². The van der Waals surface area contributed by atoms with E-state index >= 15 is 0 Å². The van der Waals surface area contributed by atoms with Crippen LogP contribution in [-0.2, 0) is 16.0 Å². The molecular weight excluding hydrogens is 354 g/mol. The van der Waals surface area contributed by atoms with Gasteiger partial charge in [-0.05, 0) is 24.8 Å². The van der Waals surface area contributed by atoms with Gasteiger partial charge in [-0.3, -0.25) is 14.6 Å². The molecule has 4 saturated heterocycles. The van der Waals surface area contributed by atoms with E-state index in [0.29, 0.717) is 18.5 Å². The summed E-state index contributed by atoms with van der Waals surface area (Å²) in [5, 5.41) is 10.3. The van der Waals surface area contributed by atoms with Crippen LogP contribution >= 0.6 is 0 Å². The van der Waals surface area contributed by atoms with E-state index in [2.05, 4.69) is 14.7 Å². The van der Waals surface area contributed by atoms with E-state index in [1.807, 2.05) is 30.3 Å². The van der Waals surface area contributed by atoms with Gasteiger partial charge in [0, 0.05) is 58.0 Å². The number of nitrogens with zero attached hydrogens (tertiary/aromatic N) is 3. The van der Waals surface area contributed by atoms with E-state index in [0.717, 1.165) is 70.8 Å². The Morgan fingerprint density at radius 3 is 2.57 bits per heavy atom. The highest BCUT2D eigenvalue weighted by molar-refractivity contribution is 5.79. The molecule has 152 valence electrons. The molecule has 4 aliphatic heterocycles. The van der Waals surface area contributed by atoms with Crippen LogP contribution in [0.1, 0.15) is 24.8 Å². The largest absolute Gasteiger partial charge is 0.392 e. The lowest BCUT2D eigenvalue weighted by Gasteiger charge is -2.62. The first-order valence-corrected chi connectivity index (χ1v) is 10.7. The van der Waals surface area contributed by atoms with Crippen molar-refractivity contribution in [3.05, 3.63) is 35.9 Å². The minimum Gasteiger partial charge on any atom is -0.392 e. The Balaban J connectivity index is 1.30. The highest BCUT2D eigenvalue weighted by atomic mass is 16.5. The van der Waals surface area contributed by atoms with Crippen LogP contribution in [0.2, 0.25) is 0 Å². The van der Waals surface area contributed by atoms with E-state index in [1.165, 1.54) is 0 Å².